The van der Waals surface area contributed by atoms with Gasteiger partial charge in [-0.05, 0) is 54.4 Å². The number of hydrogen-bond acceptors (Lipinski definition) is 4. The number of rotatable bonds is 3. The molecule has 2 bridgehead atoms. The molecular weight excluding hydrogens is 320 g/mol. The van der Waals surface area contributed by atoms with E-state index < -0.39 is 5.91 Å². The Morgan fingerprint density at radius 3 is 2.12 bits per heavy atom. The van der Waals surface area contributed by atoms with Gasteiger partial charge in [0.05, 0.1) is 18.9 Å². The van der Waals surface area contributed by atoms with E-state index in [9.17, 15) is 14.4 Å². The molecule has 1 aromatic rings. The first-order valence-corrected chi connectivity index (χ1v) is 8.58. The van der Waals surface area contributed by atoms with E-state index >= 15 is 0 Å². The van der Waals surface area contributed by atoms with Crippen LogP contribution in [0.2, 0.25) is 0 Å². The highest BCUT2D eigenvalue weighted by atomic mass is 16.5. The third kappa shape index (κ3) is 1.77. The molecule has 3 amide bonds. The number of hydrazine groups is 1. The number of carbonyl (C=O) groups is 3. The second-order valence-corrected chi connectivity index (χ2v) is 7.40. The number of imide groups is 1. The maximum atomic E-state index is 12.8. The summed E-state index contributed by atoms with van der Waals surface area (Å²) in [7, 11) is 1.55. The summed E-state index contributed by atoms with van der Waals surface area (Å²) in [4.78, 5) is 38.0. The molecular formula is C19H18N2O4. The second-order valence-electron chi connectivity index (χ2n) is 7.40. The minimum absolute atomic E-state index is 0.154. The van der Waals surface area contributed by atoms with Crippen LogP contribution in [0.5, 0.6) is 5.75 Å². The van der Waals surface area contributed by atoms with E-state index in [1.807, 2.05) is 0 Å². The number of carbonyl (C=O) groups excluding carboxylic acids is 3. The monoisotopic (exact) mass is 338 g/mol. The van der Waals surface area contributed by atoms with Gasteiger partial charge in [0.1, 0.15) is 5.75 Å². The molecule has 6 heteroatoms. The van der Waals surface area contributed by atoms with Crippen LogP contribution < -0.4 is 10.2 Å². The molecule has 3 fully saturated rings. The zero-order valence-corrected chi connectivity index (χ0v) is 13.8. The van der Waals surface area contributed by atoms with Crippen LogP contribution in [0.4, 0.5) is 0 Å². The van der Waals surface area contributed by atoms with Gasteiger partial charge in [0.15, 0.2) is 0 Å². The lowest BCUT2D eigenvalue weighted by atomic mass is 9.85. The largest absolute Gasteiger partial charge is 0.497 e. The minimum atomic E-state index is -0.467. The number of allylic oxidation sites excluding steroid dienone is 2. The van der Waals surface area contributed by atoms with Crippen molar-refractivity contribution >= 4 is 17.7 Å². The molecule has 25 heavy (non-hydrogen) atoms. The molecule has 1 saturated heterocycles. The lowest BCUT2D eigenvalue weighted by Gasteiger charge is -2.22. The molecule has 6 nitrogen and oxygen atoms in total. The number of amides is 3. The molecule has 5 rings (SSSR count). The normalized spacial score (nSPS) is 33.1. The Hall–Kier alpha value is -2.63. The quantitative estimate of drug-likeness (QED) is 0.670. The molecule has 3 aliphatic carbocycles. The Balaban J connectivity index is 1.37. The van der Waals surface area contributed by atoms with Gasteiger partial charge < -0.3 is 4.74 Å². The fourth-order valence-electron chi connectivity index (χ4n) is 5.10. The molecule has 1 aromatic carbocycles. The van der Waals surface area contributed by atoms with Crippen LogP contribution in [0.3, 0.4) is 0 Å². The predicted molar refractivity (Wildman–Crippen MR) is 87.1 cm³/mol. The van der Waals surface area contributed by atoms with Crippen molar-refractivity contribution in [1.29, 1.82) is 0 Å². The van der Waals surface area contributed by atoms with E-state index in [4.69, 9.17) is 4.74 Å². The predicted octanol–water partition coefficient (Wildman–Crippen LogP) is 1.54. The first-order valence-electron chi connectivity index (χ1n) is 8.58. The SMILES string of the molecule is COc1ccc(C(=O)NN2C(=O)[C@@H]3[C@H](C2=O)[C@H]2C=C[C@@H]3C23CC3)cc1. The number of methoxy groups -OCH3 is 1. The van der Waals surface area contributed by atoms with E-state index in [0.717, 1.165) is 17.9 Å². The van der Waals surface area contributed by atoms with E-state index in [1.165, 1.54) is 0 Å². The van der Waals surface area contributed by atoms with Gasteiger partial charge in [-0.2, -0.15) is 5.01 Å². The summed E-state index contributed by atoms with van der Waals surface area (Å²) in [6.07, 6.45) is 6.42. The summed E-state index contributed by atoms with van der Waals surface area (Å²) in [6.45, 7) is 0. The van der Waals surface area contributed by atoms with Crippen molar-refractivity contribution in [3.05, 3.63) is 42.0 Å². The van der Waals surface area contributed by atoms with Gasteiger partial charge >= 0.3 is 0 Å². The molecule has 4 atom stereocenters. The first kappa shape index (κ1) is 14.7. The summed E-state index contributed by atoms with van der Waals surface area (Å²) in [6, 6.07) is 6.53. The highest BCUT2D eigenvalue weighted by molar-refractivity contribution is 6.09. The second kappa shape index (κ2) is 4.71. The van der Waals surface area contributed by atoms with Gasteiger partial charge in [-0.25, -0.2) is 0 Å². The summed E-state index contributed by atoms with van der Waals surface area (Å²) in [5, 5.41) is 0.949. The number of nitrogens with one attached hydrogen (secondary N) is 1. The number of ether oxygens (including phenoxy) is 1. The van der Waals surface area contributed by atoms with E-state index in [0.29, 0.717) is 11.3 Å². The van der Waals surface area contributed by atoms with Crippen LogP contribution in [0.25, 0.3) is 0 Å². The van der Waals surface area contributed by atoms with Gasteiger partial charge in [0.25, 0.3) is 17.7 Å². The van der Waals surface area contributed by atoms with E-state index in [1.54, 1.807) is 31.4 Å². The van der Waals surface area contributed by atoms with E-state index in [2.05, 4.69) is 17.6 Å². The number of nitrogens with zero attached hydrogens (tertiary/aromatic N) is 1. The van der Waals surface area contributed by atoms with Gasteiger partial charge in [0, 0.05) is 5.56 Å². The van der Waals surface area contributed by atoms with Crippen LogP contribution in [0.1, 0.15) is 23.2 Å². The zero-order valence-electron chi connectivity index (χ0n) is 13.8. The highest BCUT2D eigenvalue weighted by Crippen LogP contribution is 2.73. The number of benzene rings is 1. The Labute approximate surface area is 144 Å². The van der Waals surface area contributed by atoms with E-state index in [-0.39, 0.29) is 40.9 Å². The molecule has 0 radical (unpaired) electrons. The third-order valence-corrected chi connectivity index (χ3v) is 6.42. The van der Waals surface area contributed by atoms with Gasteiger partial charge in [0.2, 0.25) is 0 Å². The standard InChI is InChI=1S/C19H18N2O4/c1-25-11-4-2-10(3-5-11)16(22)20-21-17(23)14-12-6-7-13(15(14)18(21)24)19(12)8-9-19/h2-7,12-15H,8-9H2,1H3,(H,20,22)/t12-,13+,14-,15+. The molecule has 1 spiro atoms. The first-order chi connectivity index (χ1) is 12.1. The van der Waals surface area contributed by atoms with Gasteiger partial charge in [-0.1, -0.05) is 12.2 Å². The third-order valence-electron chi connectivity index (χ3n) is 6.42. The van der Waals surface area contributed by atoms with Crippen LogP contribution in [0, 0.1) is 29.1 Å². The van der Waals surface area contributed by atoms with Crippen molar-refractivity contribution in [3.8, 4) is 5.75 Å². The molecule has 4 aliphatic rings. The van der Waals surface area contributed by atoms with Crippen molar-refractivity contribution in [2.75, 3.05) is 7.11 Å². The maximum Gasteiger partial charge on any atom is 0.270 e. The summed E-state index contributed by atoms with van der Waals surface area (Å²) >= 11 is 0. The van der Waals surface area contributed by atoms with Gasteiger partial charge in [-0.15, -0.1) is 0 Å². The highest BCUT2D eigenvalue weighted by Gasteiger charge is 2.73. The summed E-state index contributed by atoms with van der Waals surface area (Å²) in [5.74, 6) is -0.659. The molecule has 1 aliphatic heterocycles. The summed E-state index contributed by atoms with van der Waals surface area (Å²) in [5.41, 5.74) is 3.04. The average molecular weight is 338 g/mol. The minimum Gasteiger partial charge on any atom is -0.497 e. The van der Waals surface area contributed by atoms with Crippen molar-refractivity contribution in [2.45, 2.75) is 12.8 Å². The number of fused-ring (bicyclic) bond motifs is 3. The molecule has 2 saturated carbocycles. The van der Waals surface area contributed by atoms with Crippen LogP contribution in [-0.2, 0) is 9.59 Å². The Bertz CT molecular complexity index is 790. The topological polar surface area (TPSA) is 75.7 Å². The van der Waals surface area contributed by atoms with Crippen LogP contribution in [0.15, 0.2) is 36.4 Å². The maximum absolute atomic E-state index is 12.8. The molecule has 0 aromatic heterocycles. The van der Waals surface area contributed by atoms with Crippen LogP contribution in [-0.4, -0.2) is 29.8 Å². The molecule has 128 valence electrons. The lowest BCUT2D eigenvalue weighted by Crippen LogP contribution is -2.47. The van der Waals surface area contributed by atoms with Crippen molar-refractivity contribution in [2.24, 2.45) is 29.1 Å². The fourth-order valence-corrected chi connectivity index (χ4v) is 5.10. The van der Waals surface area contributed by atoms with Crippen molar-refractivity contribution in [1.82, 2.24) is 10.4 Å². The zero-order chi connectivity index (χ0) is 17.3. The average Bonchev–Trinajstić information content (AvgIpc) is 3.24. The Morgan fingerprint density at radius 1 is 1.08 bits per heavy atom. The molecule has 0 unspecified atom stereocenters. The Morgan fingerprint density at radius 2 is 1.64 bits per heavy atom. The fraction of sp³-hybridized carbons (Fsp3) is 0.421. The molecule has 1 heterocycles. The molecule has 1 N–H and O–H groups in total. The van der Waals surface area contributed by atoms with Crippen LogP contribution >= 0.6 is 0 Å². The lowest BCUT2D eigenvalue weighted by molar-refractivity contribution is -0.144. The smallest absolute Gasteiger partial charge is 0.270 e. The summed E-state index contributed by atoms with van der Waals surface area (Å²) < 4.78 is 5.07. The number of hydrogen-bond donors (Lipinski definition) is 1. The van der Waals surface area contributed by atoms with Crippen molar-refractivity contribution < 1.29 is 19.1 Å². The van der Waals surface area contributed by atoms with Gasteiger partial charge in [-0.3, -0.25) is 19.8 Å². The Kier molecular flexibility index (Phi) is 2.77. The van der Waals surface area contributed by atoms with Crippen molar-refractivity contribution in [3.63, 3.8) is 0 Å².